The van der Waals surface area contributed by atoms with Crippen LogP contribution in [-0.2, 0) is 13.2 Å². The molecule has 84 valence electrons. The van der Waals surface area contributed by atoms with Crippen LogP contribution in [0.3, 0.4) is 0 Å². The lowest BCUT2D eigenvalue weighted by Crippen LogP contribution is -2.07. The summed E-state index contributed by atoms with van der Waals surface area (Å²) in [5.74, 6) is -0.821. The Hall–Kier alpha value is -1.75. The van der Waals surface area contributed by atoms with E-state index in [2.05, 4.69) is 4.98 Å². The quantitative estimate of drug-likeness (QED) is 0.861. The Kier molecular flexibility index (Phi) is 2.96. The number of aromatic nitrogens is 2. The number of halogens is 2. The van der Waals surface area contributed by atoms with Crippen LogP contribution in [0.4, 0.5) is 8.78 Å². The van der Waals surface area contributed by atoms with Gasteiger partial charge in [-0.2, -0.15) is 0 Å². The van der Waals surface area contributed by atoms with Gasteiger partial charge in [0, 0.05) is 18.0 Å². The molecular formula is C11H10F2N2O. The van der Waals surface area contributed by atoms with Gasteiger partial charge in [0.05, 0.1) is 6.54 Å². The Balaban J connectivity index is 2.34. The third-order valence-electron chi connectivity index (χ3n) is 2.33. The summed E-state index contributed by atoms with van der Waals surface area (Å²) >= 11 is 0. The molecule has 0 saturated heterocycles. The van der Waals surface area contributed by atoms with Gasteiger partial charge in [-0.3, -0.25) is 0 Å². The molecule has 0 bridgehead atoms. The molecule has 5 heteroatoms. The highest BCUT2D eigenvalue weighted by Gasteiger charge is 2.10. The molecule has 0 spiro atoms. The number of rotatable bonds is 3. The van der Waals surface area contributed by atoms with Crippen LogP contribution < -0.4 is 0 Å². The molecule has 0 radical (unpaired) electrons. The van der Waals surface area contributed by atoms with Gasteiger partial charge in [0.2, 0.25) is 0 Å². The van der Waals surface area contributed by atoms with E-state index >= 15 is 0 Å². The molecule has 1 aromatic carbocycles. The topological polar surface area (TPSA) is 38.1 Å². The molecule has 0 aliphatic rings. The molecule has 3 nitrogen and oxygen atoms in total. The normalized spacial score (nSPS) is 10.7. The van der Waals surface area contributed by atoms with Crippen LogP contribution in [0, 0.1) is 11.6 Å². The van der Waals surface area contributed by atoms with Crippen LogP contribution in [0.15, 0.2) is 30.6 Å². The summed E-state index contributed by atoms with van der Waals surface area (Å²) in [4.78, 5) is 3.86. The maximum atomic E-state index is 13.3. The zero-order valence-corrected chi connectivity index (χ0v) is 8.40. The number of aliphatic hydroxyl groups excluding tert-OH is 1. The number of hydrogen-bond acceptors (Lipinski definition) is 2. The Labute approximate surface area is 91.0 Å². The minimum Gasteiger partial charge on any atom is -0.388 e. The first-order valence-electron chi connectivity index (χ1n) is 4.76. The molecule has 0 unspecified atom stereocenters. The van der Waals surface area contributed by atoms with E-state index in [4.69, 9.17) is 5.11 Å². The molecule has 0 aliphatic heterocycles. The van der Waals surface area contributed by atoms with E-state index in [-0.39, 0.29) is 18.7 Å². The second-order valence-corrected chi connectivity index (χ2v) is 3.33. The summed E-state index contributed by atoms with van der Waals surface area (Å²) in [6, 6.07) is 3.72. The fourth-order valence-corrected chi connectivity index (χ4v) is 1.49. The van der Waals surface area contributed by atoms with Crippen LogP contribution in [-0.4, -0.2) is 14.7 Å². The van der Waals surface area contributed by atoms with Gasteiger partial charge in [-0.15, -0.1) is 0 Å². The molecule has 2 aromatic rings. The first-order valence-corrected chi connectivity index (χ1v) is 4.76. The van der Waals surface area contributed by atoms with E-state index in [9.17, 15) is 8.78 Å². The van der Waals surface area contributed by atoms with Gasteiger partial charge >= 0.3 is 0 Å². The van der Waals surface area contributed by atoms with Crippen molar-refractivity contribution in [1.29, 1.82) is 0 Å². The van der Waals surface area contributed by atoms with Crippen molar-refractivity contribution in [3.8, 4) is 0 Å². The van der Waals surface area contributed by atoms with Gasteiger partial charge in [0.15, 0.2) is 0 Å². The summed E-state index contributed by atoms with van der Waals surface area (Å²) < 4.78 is 28.2. The van der Waals surface area contributed by atoms with Gasteiger partial charge in [0.1, 0.15) is 24.1 Å². The van der Waals surface area contributed by atoms with E-state index in [1.54, 1.807) is 6.20 Å². The highest BCUT2D eigenvalue weighted by Crippen LogP contribution is 2.14. The minimum atomic E-state index is -0.599. The lowest BCUT2D eigenvalue weighted by Gasteiger charge is -2.08. The first-order chi connectivity index (χ1) is 7.72. The molecular weight excluding hydrogens is 214 g/mol. The zero-order chi connectivity index (χ0) is 11.5. The van der Waals surface area contributed by atoms with Crippen molar-refractivity contribution in [3.05, 3.63) is 53.6 Å². The lowest BCUT2D eigenvalue weighted by molar-refractivity contribution is 0.266. The van der Waals surface area contributed by atoms with Crippen molar-refractivity contribution >= 4 is 0 Å². The summed E-state index contributed by atoms with van der Waals surface area (Å²) in [5.41, 5.74) is -0.0322. The molecule has 0 amide bonds. The van der Waals surface area contributed by atoms with Crippen molar-refractivity contribution in [3.63, 3.8) is 0 Å². The highest BCUT2D eigenvalue weighted by molar-refractivity contribution is 5.20. The van der Waals surface area contributed by atoms with Crippen LogP contribution >= 0.6 is 0 Å². The third-order valence-corrected chi connectivity index (χ3v) is 2.33. The van der Waals surface area contributed by atoms with Gasteiger partial charge in [0.25, 0.3) is 0 Å². The van der Waals surface area contributed by atoms with Crippen molar-refractivity contribution < 1.29 is 13.9 Å². The van der Waals surface area contributed by atoms with E-state index < -0.39 is 11.6 Å². The smallest absolute Gasteiger partial charge is 0.134 e. The second-order valence-electron chi connectivity index (χ2n) is 3.33. The first kappa shape index (κ1) is 10.8. The maximum Gasteiger partial charge on any atom is 0.134 e. The zero-order valence-electron chi connectivity index (χ0n) is 8.40. The van der Waals surface area contributed by atoms with E-state index in [1.165, 1.54) is 29.0 Å². The molecule has 16 heavy (non-hydrogen) atoms. The van der Waals surface area contributed by atoms with Crippen LogP contribution in [0.25, 0.3) is 0 Å². The number of aliphatic hydroxyl groups is 1. The van der Waals surface area contributed by atoms with Crippen molar-refractivity contribution in [2.75, 3.05) is 0 Å². The maximum absolute atomic E-state index is 13.3. The van der Waals surface area contributed by atoms with E-state index in [1.807, 2.05) is 0 Å². The van der Waals surface area contributed by atoms with Gasteiger partial charge < -0.3 is 9.67 Å². The Bertz CT molecular complexity index is 476. The monoisotopic (exact) mass is 224 g/mol. The summed E-state index contributed by atoms with van der Waals surface area (Å²) in [5, 5.41) is 8.95. The number of hydrogen-bond donors (Lipinski definition) is 1. The van der Waals surface area contributed by atoms with E-state index in [0.717, 1.165) is 0 Å². The fourth-order valence-electron chi connectivity index (χ4n) is 1.49. The standard InChI is InChI=1S/C11H10F2N2O/c12-9-2-1-3-10(13)8(9)6-15-5-4-14-11(15)7-16/h1-5,16H,6-7H2. The third kappa shape index (κ3) is 1.94. The molecule has 0 fully saturated rings. The summed E-state index contributed by atoms with van der Waals surface area (Å²) in [7, 11) is 0. The Morgan fingerprint density at radius 2 is 1.94 bits per heavy atom. The summed E-state index contributed by atoms with van der Waals surface area (Å²) in [6.45, 7) is -0.239. The molecule has 1 heterocycles. The number of benzene rings is 1. The molecule has 1 N–H and O–H groups in total. The molecule has 1 aromatic heterocycles. The van der Waals surface area contributed by atoms with Crippen LogP contribution in [0.1, 0.15) is 11.4 Å². The SMILES string of the molecule is OCc1nccn1Cc1c(F)cccc1F. The van der Waals surface area contributed by atoms with E-state index in [0.29, 0.717) is 5.82 Å². The van der Waals surface area contributed by atoms with Crippen molar-refractivity contribution in [1.82, 2.24) is 9.55 Å². The van der Waals surface area contributed by atoms with Gasteiger partial charge in [-0.25, -0.2) is 13.8 Å². The second kappa shape index (κ2) is 4.40. The van der Waals surface area contributed by atoms with Crippen LogP contribution in [0.5, 0.6) is 0 Å². The minimum absolute atomic E-state index is 0.0222. The molecule has 0 saturated carbocycles. The average Bonchev–Trinajstić information content (AvgIpc) is 2.71. The number of nitrogens with zero attached hydrogens (tertiary/aromatic N) is 2. The number of imidazole rings is 1. The largest absolute Gasteiger partial charge is 0.388 e. The fraction of sp³-hybridized carbons (Fsp3) is 0.182. The Morgan fingerprint density at radius 1 is 1.25 bits per heavy atom. The molecule has 0 atom stereocenters. The van der Waals surface area contributed by atoms with Crippen molar-refractivity contribution in [2.24, 2.45) is 0 Å². The molecule has 2 rings (SSSR count). The predicted octanol–water partition coefficient (Wildman–Crippen LogP) is 1.70. The van der Waals surface area contributed by atoms with Crippen LogP contribution in [0.2, 0.25) is 0 Å². The van der Waals surface area contributed by atoms with Gasteiger partial charge in [-0.05, 0) is 12.1 Å². The lowest BCUT2D eigenvalue weighted by atomic mass is 10.2. The Morgan fingerprint density at radius 3 is 2.56 bits per heavy atom. The molecule has 0 aliphatic carbocycles. The predicted molar refractivity (Wildman–Crippen MR) is 53.6 cm³/mol. The highest BCUT2D eigenvalue weighted by atomic mass is 19.1. The van der Waals surface area contributed by atoms with Crippen molar-refractivity contribution in [2.45, 2.75) is 13.2 Å². The average molecular weight is 224 g/mol. The summed E-state index contributed by atoms with van der Waals surface area (Å²) in [6.07, 6.45) is 3.04. The van der Waals surface area contributed by atoms with Gasteiger partial charge in [-0.1, -0.05) is 6.07 Å².